The summed E-state index contributed by atoms with van der Waals surface area (Å²) in [5, 5.41) is 11.5. The highest BCUT2D eigenvalue weighted by atomic mass is 19.1. The maximum atomic E-state index is 14.5. The zero-order valence-electron chi connectivity index (χ0n) is 17.0. The quantitative estimate of drug-likeness (QED) is 0.709. The highest BCUT2D eigenvalue weighted by Crippen LogP contribution is 2.32. The number of likely N-dealkylation sites (tertiary alicyclic amines) is 2. The van der Waals surface area contributed by atoms with Gasteiger partial charge in [-0.2, -0.15) is 10.1 Å². The van der Waals surface area contributed by atoms with Crippen LogP contribution < -0.4 is 0 Å². The largest absolute Gasteiger partial charge is 0.343 e. The van der Waals surface area contributed by atoms with E-state index in [1.165, 1.54) is 6.07 Å². The number of rotatable bonds is 4. The first kappa shape index (κ1) is 19.2. The van der Waals surface area contributed by atoms with E-state index in [0.717, 1.165) is 57.5 Å². The van der Waals surface area contributed by atoms with Gasteiger partial charge in [-0.05, 0) is 50.4 Å². The Bertz CT molecular complexity index is 1050. The molecule has 0 aliphatic carbocycles. The molecule has 0 radical (unpaired) electrons. The van der Waals surface area contributed by atoms with Crippen LogP contribution in [0.2, 0.25) is 0 Å². The van der Waals surface area contributed by atoms with Crippen LogP contribution in [0.4, 0.5) is 4.39 Å². The van der Waals surface area contributed by atoms with Crippen molar-refractivity contribution in [2.75, 3.05) is 32.7 Å². The topological polar surface area (TPSA) is 91.2 Å². The summed E-state index contributed by atoms with van der Waals surface area (Å²) in [4.78, 5) is 20.5. The van der Waals surface area contributed by atoms with Gasteiger partial charge in [0.05, 0.1) is 17.3 Å². The first-order valence-electron chi connectivity index (χ1n) is 10.5. The third-order valence-electron chi connectivity index (χ3n) is 6.42. The van der Waals surface area contributed by atoms with E-state index < -0.39 is 0 Å². The summed E-state index contributed by atoms with van der Waals surface area (Å²) < 4.78 is 20.0. The molecule has 0 unspecified atom stereocenters. The number of halogens is 1. The van der Waals surface area contributed by atoms with Crippen LogP contribution in [0.25, 0.3) is 22.3 Å². The van der Waals surface area contributed by atoms with E-state index in [4.69, 9.17) is 4.52 Å². The molecule has 2 aromatic heterocycles. The Labute approximate surface area is 173 Å². The number of nitrogens with one attached hydrogen (secondary N) is 1. The molecule has 1 amide bonds. The van der Waals surface area contributed by atoms with Crippen molar-refractivity contribution < 1.29 is 13.7 Å². The monoisotopic (exact) mass is 412 g/mol. The van der Waals surface area contributed by atoms with E-state index >= 15 is 0 Å². The first-order valence-corrected chi connectivity index (χ1v) is 10.5. The molecule has 1 aromatic carbocycles. The number of carbonyl (C=O) groups excluding carboxylic acids is 1. The molecule has 0 bridgehead atoms. The van der Waals surface area contributed by atoms with Gasteiger partial charge < -0.3 is 14.3 Å². The molecule has 2 aliphatic heterocycles. The van der Waals surface area contributed by atoms with E-state index in [1.807, 2.05) is 4.90 Å². The van der Waals surface area contributed by atoms with Crippen LogP contribution >= 0.6 is 0 Å². The van der Waals surface area contributed by atoms with Crippen LogP contribution in [-0.2, 0) is 4.79 Å². The zero-order chi connectivity index (χ0) is 20.7. The number of H-pyrrole nitrogens is 1. The second-order valence-electron chi connectivity index (χ2n) is 8.40. The number of nitrogens with zero attached hydrogens (tertiary/aromatic N) is 5. The van der Waals surface area contributed by atoms with Gasteiger partial charge in [0.1, 0.15) is 5.82 Å². The Morgan fingerprint density at radius 1 is 1.27 bits per heavy atom. The predicted molar refractivity (Wildman–Crippen MR) is 108 cm³/mol. The second-order valence-corrected chi connectivity index (χ2v) is 8.40. The number of hydrogen-bond acceptors (Lipinski definition) is 6. The molecule has 2 fully saturated rings. The fraction of sp³-hybridized carbons (Fsp3) is 0.524. The van der Waals surface area contributed by atoms with E-state index in [2.05, 4.69) is 25.2 Å². The lowest BCUT2D eigenvalue weighted by molar-refractivity contribution is -0.127. The fourth-order valence-corrected chi connectivity index (χ4v) is 4.72. The summed E-state index contributed by atoms with van der Waals surface area (Å²) in [7, 11) is 0. The maximum Gasteiger partial charge on any atom is 0.230 e. The van der Waals surface area contributed by atoms with Gasteiger partial charge in [0.15, 0.2) is 0 Å². The Balaban J connectivity index is 1.23. The molecule has 2 saturated heterocycles. The zero-order valence-corrected chi connectivity index (χ0v) is 17.0. The molecule has 2 aliphatic rings. The van der Waals surface area contributed by atoms with Crippen molar-refractivity contribution in [3.05, 3.63) is 30.0 Å². The summed E-state index contributed by atoms with van der Waals surface area (Å²) in [6, 6.07) is 3.04. The van der Waals surface area contributed by atoms with E-state index in [-0.39, 0.29) is 23.5 Å². The number of carbonyl (C=O) groups is 1. The summed E-state index contributed by atoms with van der Waals surface area (Å²) in [6.07, 6.45) is 4.53. The summed E-state index contributed by atoms with van der Waals surface area (Å²) >= 11 is 0. The smallest absolute Gasteiger partial charge is 0.230 e. The Hall–Kier alpha value is -2.81. The van der Waals surface area contributed by atoms with Crippen molar-refractivity contribution in [1.29, 1.82) is 0 Å². The number of fused-ring (bicyclic) bond motifs is 1. The molecule has 8 nitrogen and oxygen atoms in total. The van der Waals surface area contributed by atoms with Crippen molar-refractivity contribution in [2.45, 2.75) is 32.1 Å². The van der Waals surface area contributed by atoms with E-state index in [9.17, 15) is 9.18 Å². The average molecular weight is 412 g/mol. The van der Waals surface area contributed by atoms with Crippen molar-refractivity contribution in [2.24, 2.45) is 5.92 Å². The third kappa shape index (κ3) is 3.58. The van der Waals surface area contributed by atoms with Gasteiger partial charge in [-0.1, -0.05) is 5.16 Å². The number of hydrogen-bond donors (Lipinski definition) is 1. The van der Waals surface area contributed by atoms with Gasteiger partial charge >= 0.3 is 0 Å². The highest BCUT2D eigenvalue weighted by molar-refractivity contribution is 5.92. The lowest BCUT2D eigenvalue weighted by Crippen LogP contribution is -2.37. The SMILES string of the molecule is CC(=O)N1CC[C@H](CN2CCC(c3nc(-c4c(F)ccc5[nH]ncc45)no3)CC2)C1. The molecule has 1 N–H and O–H groups in total. The Morgan fingerprint density at radius 3 is 2.87 bits per heavy atom. The second kappa shape index (κ2) is 7.79. The van der Waals surface area contributed by atoms with Crippen LogP contribution in [0, 0.1) is 11.7 Å². The maximum absolute atomic E-state index is 14.5. The summed E-state index contributed by atoms with van der Waals surface area (Å²) in [6.45, 7) is 6.34. The lowest BCUT2D eigenvalue weighted by atomic mass is 9.95. The predicted octanol–water partition coefficient (Wildman–Crippen LogP) is 2.80. The van der Waals surface area contributed by atoms with Crippen molar-refractivity contribution in [3.8, 4) is 11.4 Å². The van der Waals surface area contributed by atoms with Crippen molar-refractivity contribution >= 4 is 16.8 Å². The van der Waals surface area contributed by atoms with Crippen molar-refractivity contribution in [1.82, 2.24) is 30.1 Å². The molecule has 4 heterocycles. The fourth-order valence-electron chi connectivity index (χ4n) is 4.72. The standard InChI is InChI=1S/C21H25FN6O2/c1-13(29)28-9-4-14(12-28)11-27-7-5-15(6-8-27)21-24-20(26-30-21)19-16-10-23-25-18(16)3-2-17(19)22/h2-3,10,14-15H,4-9,11-12H2,1H3,(H,23,25)/t14-/m1/s1. The van der Waals surface area contributed by atoms with Gasteiger partial charge in [0.2, 0.25) is 17.6 Å². The number of benzene rings is 1. The van der Waals surface area contributed by atoms with E-state index in [0.29, 0.717) is 22.8 Å². The van der Waals surface area contributed by atoms with Gasteiger partial charge in [-0.15, -0.1) is 0 Å². The van der Waals surface area contributed by atoms with Gasteiger partial charge in [-0.25, -0.2) is 4.39 Å². The van der Waals surface area contributed by atoms with Crippen LogP contribution in [0.3, 0.4) is 0 Å². The van der Waals surface area contributed by atoms with Crippen LogP contribution in [-0.4, -0.2) is 68.8 Å². The number of piperidine rings is 1. The third-order valence-corrected chi connectivity index (χ3v) is 6.42. The Morgan fingerprint density at radius 2 is 2.10 bits per heavy atom. The molecule has 5 rings (SSSR count). The average Bonchev–Trinajstić information content (AvgIpc) is 3.49. The molecule has 0 spiro atoms. The minimum absolute atomic E-state index is 0.172. The molecule has 9 heteroatoms. The van der Waals surface area contributed by atoms with Gasteiger partial charge in [-0.3, -0.25) is 9.89 Å². The normalized spacial score (nSPS) is 21.0. The summed E-state index contributed by atoms with van der Waals surface area (Å²) in [5.41, 5.74) is 1.06. The molecule has 30 heavy (non-hydrogen) atoms. The molecule has 3 aromatic rings. The molecular formula is C21H25FN6O2. The van der Waals surface area contributed by atoms with Gasteiger partial charge in [0.25, 0.3) is 0 Å². The number of aromatic amines is 1. The Kier molecular flexibility index (Phi) is 4.98. The van der Waals surface area contributed by atoms with Crippen molar-refractivity contribution in [3.63, 3.8) is 0 Å². The highest BCUT2D eigenvalue weighted by Gasteiger charge is 2.30. The molecule has 158 valence electrons. The lowest BCUT2D eigenvalue weighted by Gasteiger charge is -2.32. The molecule has 1 atom stereocenters. The van der Waals surface area contributed by atoms with Crippen LogP contribution in [0.1, 0.15) is 38.0 Å². The van der Waals surface area contributed by atoms with E-state index in [1.54, 1.807) is 19.2 Å². The number of amides is 1. The van der Waals surface area contributed by atoms with Gasteiger partial charge in [0, 0.05) is 37.9 Å². The molecule has 0 saturated carbocycles. The minimum atomic E-state index is -0.387. The first-order chi connectivity index (χ1) is 14.6. The van der Waals surface area contributed by atoms with Crippen LogP contribution in [0.5, 0.6) is 0 Å². The molecular weight excluding hydrogens is 387 g/mol. The number of aromatic nitrogens is 4. The van der Waals surface area contributed by atoms with Crippen LogP contribution in [0.15, 0.2) is 22.9 Å². The summed E-state index contributed by atoms with van der Waals surface area (Å²) in [5.74, 6) is 1.37. The minimum Gasteiger partial charge on any atom is -0.343 e.